The molecular formula is C13H17Cl2NO2S. The molecule has 1 aromatic carbocycles. The van der Waals surface area contributed by atoms with Crippen molar-refractivity contribution in [3.05, 3.63) is 33.8 Å². The van der Waals surface area contributed by atoms with Crippen molar-refractivity contribution in [2.24, 2.45) is 5.92 Å². The lowest BCUT2D eigenvalue weighted by atomic mass is 9.92. The lowest BCUT2D eigenvalue weighted by Crippen LogP contribution is -2.29. The van der Waals surface area contributed by atoms with Crippen LogP contribution in [0.1, 0.15) is 24.9 Å². The molecule has 0 saturated carbocycles. The summed E-state index contributed by atoms with van der Waals surface area (Å²) in [6.07, 6.45) is 0.669. The number of benzene rings is 1. The summed E-state index contributed by atoms with van der Waals surface area (Å²) >= 11 is 12.2. The SMILES string of the molecule is CCNC(c1cc(Cl)ccc1Cl)C1CCS(=O)(=O)C1. The van der Waals surface area contributed by atoms with Crippen LogP contribution in [0, 0.1) is 5.92 Å². The molecule has 0 spiro atoms. The largest absolute Gasteiger partial charge is 0.310 e. The summed E-state index contributed by atoms with van der Waals surface area (Å²) in [6.45, 7) is 2.75. The minimum absolute atomic E-state index is 0.0564. The summed E-state index contributed by atoms with van der Waals surface area (Å²) in [6, 6.07) is 5.25. The van der Waals surface area contributed by atoms with E-state index in [9.17, 15) is 8.42 Å². The molecule has 1 saturated heterocycles. The second kappa shape index (κ2) is 6.00. The van der Waals surface area contributed by atoms with E-state index in [-0.39, 0.29) is 23.5 Å². The summed E-state index contributed by atoms with van der Waals surface area (Å²) in [4.78, 5) is 0. The van der Waals surface area contributed by atoms with Crippen LogP contribution in [0.15, 0.2) is 18.2 Å². The molecule has 1 aliphatic rings. The minimum Gasteiger partial charge on any atom is -0.310 e. The van der Waals surface area contributed by atoms with E-state index in [1.165, 1.54) is 0 Å². The average Bonchev–Trinajstić information content (AvgIpc) is 2.70. The molecule has 0 amide bonds. The summed E-state index contributed by atoms with van der Waals surface area (Å²) in [5.41, 5.74) is 0.887. The van der Waals surface area contributed by atoms with Gasteiger partial charge in [-0.1, -0.05) is 30.1 Å². The summed E-state index contributed by atoms with van der Waals surface area (Å²) in [5, 5.41) is 4.58. The number of nitrogens with one attached hydrogen (secondary N) is 1. The predicted molar refractivity (Wildman–Crippen MR) is 79.6 cm³/mol. The van der Waals surface area contributed by atoms with Crippen molar-refractivity contribution >= 4 is 33.0 Å². The second-order valence-electron chi connectivity index (χ2n) is 4.86. The Morgan fingerprint density at radius 3 is 2.74 bits per heavy atom. The minimum atomic E-state index is -2.91. The zero-order chi connectivity index (χ0) is 14.0. The zero-order valence-electron chi connectivity index (χ0n) is 10.7. The molecule has 0 radical (unpaired) electrons. The smallest absolute Gasteiger partial charge is 0.150 e. The highest BCUT2D eigenvalue weighted by atomic mass is 35.5. The molecule has 2 rings (SSSR count). The quantitative estimate of drug-likeness (QED) is 0.927. The first-order valence-corrected chi connectivity index (χ1v) is 8.89. The van der Waals surface area contributed by atoms with Crippen LogP contribution in [0.4, 0.5) is 0 Å². The Labute approximate surface area is 124 Å². The number of sulfone groups is 1. The van der Waals surface area contributed by atoms with E-state index in [1.807, 2.05) is 13.0 Å². The average molecular weight is 322 g/mol. The highest BCUT2D eigenvalue weighted by molar-refractivity contribution is 7.91. The molecule has 2 atom stereocenters. The van der Waals surface area contributed by atoms with Crippen molar-refractivity contribution < 1.29 is 8.42 Å². The summed E-state index contributed by atoms with van der Waals surface area (Å²) < 4.78 is 23.3. The van der Waals surface area contributed by atoms with Gasteiger partial charge in [0, 0.05) is 16.1 Å². The van der Waals surface area contributed by atoms with Gasteiger partial charge in [0.15, 0.2) is 9.84 Å². The number of halogens is 2. The summed E-state index contributed by atoms with van der Waals surface area (Å²) in [7, 11) is -2.91. The second-order valence-corrected chi connectivity index (χ2v) is 7.94. The standard InChI is InChI=1S/C13H17Cl2NO2S/c1-2-16-13(9-5-6-19(17,18)8-9)11-7-10(14)3-4-12(11)15/h3-4,7,9,13,16H,2,5-6,8H2,1H3. The molecule has 3 nitrogen and oxygen atoms in total. The Hall–Kier alpha value is -0.290. The third-order valence-electron chi connectivity index (χ3n) is 3.46. The maximum Gasteiger partial charge on any atom is 0.150 e. The molecule has 1 aliphatic heterocycles. The Morgan fingerprint density at radius 1 is 1.42 bits per heavy atom. The van der Waals surface area contributed by atoms with Crippen LogP contribution >= 0.6 is 23.2 Å². The molecule has 1 fully saturated rings. The van der Waals surface area contributed by atoms with Crippen LogP contribution in [-0.4, -0.2) is 26.5 Å². The number of hydrogen-bond donors (Lipinski definition) is 1. The van der Waals surface area contributed by atoms with Crippen LogP contribution in [0.2, 0.25) is 10.0 Å². The highest BCUT2D eigenvalue weighted by Gasteiger charge is 2.34. The van der Waals surface area contributed by atoms with E-state index in [2.05, 4.69) is 5.32 Å². The van der Waals surface area contributed by atoms with Gasteiger partial charge in [0.05, 0.1) is 11.5 Å². The molecule has 0 bridgehead atoms. The molecule has 2 unspecified atom stereocenters. The van der Waals surface area contributed by atoms with E-state index in [4.69, 9.17) is 23.2 Å². The van der Waals surface area contributed by atoms with Crippen molar-refractivity contribution in [3.8, 4) is 0 Å². The van der Waals surface area contributed by atoms with Crippen LogP contribution in [0.5, 0.6) is 0 Å². The molecule has 19 heavy (non-hydrogen) atoms. The Kier molecular flexibility index (Phi) is 4.77. The maximum atomic E-state index is 11.6. The topological polar surface area (TPSA) is 46.2 Å². The van der Waals surface area contributed by atoms with E-state index in [0.29, 0.717) is 16.5 Å². The van der Waals surface area contributed by atoms with Crippen LogP contribution in [-0.2, 0) is 9.84 Å². The van der Waals surface area contributed by atoms with Gasteiger partial charge in [-0.2, -0.15) is 0 Å². The van der Waals surface area contributed by atoms with Gasteiger partial charge >= 0.3 is 0 Å². The van der Waals surface area contributed by atoms with Crippen molar-refractivity contribution in [3.63, 3.8) is 0 Å². The molecular weight excluding hydrogens is 305 g/mol. The highest BCUT2D eigenvalue weighted by Crippen LogP contribution is 2.35. The fraction of sp³-hybridized carbons (Fsp3) is 0.538. The first kappa shape index (κ1) is 15.1. The van der Waals surface area contributed by atoms with Crippen molar-refractivity contribution in [1.82, 2.24) is 5.32 Å². The molecule has 0 aliphatic carbocycles. The lowest BCUT2D eigenvalue weighted by Gasteiger charge is -2.25. The maximum absolute atomic E-state index is 11.6. The van der Waals surface area contributed by atoms with Gasteiger partial charge < -0.3 is 5.32 Å². The van der Waals surface area contributed by atoms with Gasteiger partial charge in [-0.25, -0.2) is 8.42 Å². The molecule has 106 valence electrons. The first-order valence-electron chi connectivity index (χ1n) is 6.31. The fourth-order valence-electron chi connectivity index (χ4n) is 2.59. The fourth-order valence-corrected chi connectivity index (χ4v) is 4.85. The third kappa shape index (κ3) is 3.63. The van der Waals surface area contributed by atoms with Crippen molar-refractivity contribution in [2.45, 2.75) is 19.4 Å². The molecule has 1 aromatic rings. The van der Waals surface area contributed by atoms with Gasteiger partial charge in [-0.15, -0.1) is 0 Å². The Balaban J connectivity index is 2.32. The Bertz CT molecular complexity index is 560. The molecule has 1 N–H and O–H groups in total. The number of rotatable bonds is 4. The van der Waals surface area contributed by atoms with Gasteiger partial charge in [0.1, 0.15) is 0 Å². The van der Waals surface area contributed by atoms with E-state index >= 15 is 0 Å². The first-order chi connectivity index (χ1) is 8.93. The van der Waals surface area contributed by atoms with E-state index < -0.39 is 9.84 Å². The van der Waals surface area contributed by atoms with Gasteiger partial charge in [-0.05, 0) is 42.6 Å². The molecule has 0 aromatic heterocycles. The lowest BCUT2D eigenvalue weighted by molar-refractivity contribution is 0.400. The predicted octanol–water partition coefficient (Wildman–Crippen LogP) is 3.08. The molecule has 1 heterocycles. The van der Waals surface area contributed by atoms with E-state index in [1.54, 1.807) is 12.1 Å². The third-order valence-corrected chi connectivity index (χ3v) is 5.83. The zero-order valence-corrected chi connectivity index (χ0v) is 13.0. The van der Waals surface area contributed by atoms with Gasteiger partial charge in [0.25, 0.3) is 0 Å². The summed E-state index contributed by atoms with van der Waals surface area (Å²) in [5.74, 6) is 0.534. The van der Waals surface area contributed by atoms with Crippen LogP contribution < -0.4 is 5.32 Å². The monoisotopic (exact) mass is 321 g/mol. The van der Waals surface area contributed by atoms with Crippen molar-refractivity contribution in [1.29, 1.82) is 0 Å². The number of hydrogen-bond acceptors (Lipinski definition) is 3. The van der Waals surface area contributed by atoms with Crippen LogP contribution in [0.3, 0.4) is 0 Å². The van der Waals surface area contributed by atoms with Gasteiger partial charge in [0.2, 0.25) is 0 Å². The molecule has 6 heteroatoms. The van der Waals surface area contributed by atoms with Crippen molar-refractivity contribution in [2.75, 3.05) is 18.1 Å². The van der Waals surface area contributed by atoms with Gasteiger partial charge in [-0.3, -0.25) is 0 Å². The normalized spacial score (nSPS) is 23.4. The van der Waals surface area contributed by atoms with Crippen LogP contribution in [0.25, 0.3) is 0 Å². The van der Waals surface area contributed by atoms with E-state index in [0.717, 1.165) is 12.1 Å². The Morgan fingerprint density at radius 2 is 2.16 bits per heavy atom.